The Bertz CT molecular complexity index is 917. The molecule has 3 rings (SSSR count). The molecule has 1 aromatic carbocycles. The fourth-order valence-corrected chi connectivity index (χ4v) is 3.82. The first-order chi connectivity index (χ1) is 14.3. The maximum absolute atomic E-state index is 14.0. The number of thioether (sulfide) groups is 1. The number of amides is 1. The molecular formula is C21H26FN3O4S. The Morgan fingerprint density at radius 3 is 2.87 bits per heavy atom. The molecule has 1 amide bonds. The second-order valence-corrected chi connectivity index (χ2v) is 8.30. The first kappa shape index (κ1) is 22.3. The maximum Gasteiger partial charge on any atom is 0.414 e. The maximum atomic E-state index is 14.0. The van der Waals surface area contributed by atoms with E-state index in [0.29, 0.717) is 40.7 Å². The van der Waals surface area contributed by atoms with E-state index in [9.17, 15) is 9.18 Å². The van der Waals surface area contributed by atoms with Gasteiger partial charge in [-0.15, -0.1) is 11.8 Å². The normalized spacial score (nSPS) is 19.4. The molecule has 7 nitrogen and oxygen atoms in total. The van der Waals surface area contributed by atoms with Gasteiger partial charge in [-0.2, -0.15) is 4.98 Å². The number of halogens is 1. The Labute approximate surface area is 179 Å². The highest BCUT2D eigenvalue weighted by Crippen LogP contribution is 2.29. The van der Waals surface area contributed by atoms with E-state index in [2.05, 4.69) is 16.7 Å². The number of aromatic nitrogens is 2. The van der Waals surface area contributed by atoms with Crippen LogP contribution in [0.1, 0.15) is 39.5 Å². The molecule has 2 unspecified atom stereocenters. The minimum absolute atomic E-state index is 0.0985. The summed E-state index contributed by atoms with van der Waals surface area (Å²) in [5.41, 5.74) is 1.19. The monoisotopic (exact) mass is 435 g/mol. The van der Waals surface area contributed by atoms with Gasteiger partial charge in [-0.1, -0.05) is 11.7 Å². The van der Waals surface area contributed by atoms with Crippen LogP contribution in [0.15, 0.2) is 39.9 Å². The largest absolute Gasteiger partial charge is 0.446 e. The first-order valence-electron chi connectivity index (χ1n) is 9.74. The van der Waals surface area contributed by atoms with Crippen LogP contribution in [0.2, 0.25) is 0 Å². The zero-order chi connectivity index (χ0) is 21.8. The molecule has 0 aliphatic carbocycles. The third-order valence-corrected chi connectivity index (χ3v) is 5.47. The highest BCUT2D eigenvalue weighted by atomic mass is 32.2. The van der Waals surface area contributed by atoms with Gasteiger partial charge in [-0.05, 0) is 51.6 Å². The SMILES string of the molecule is C=C1CC(OCc2nc(-c3ccc(SC)c(F)c3)no2)CC(C)N1C(=O)OC(C)C. The topological polar surface area (TPSA) is 77.7 Å². The van der Waals surface area contributed by atoms with Crippen molar-refractivity contribution < 1.29 is 23.2 Å². The average Bonchev–Trinajstić information content (AvgIpc) is 3.14. The van der Waals surface area contributed by atoms with Gasteiger partial charge in [-0.25, -0.2) is 9.18 Å². The van der Waals surface area contributed by atoms with Crippen LogP contribution in [0.25, 0.3) is 11.4 Å². The lowest BCUT2D eigenvalue weighted by Gasteiger charge is -2.38. The molecule has 0 saturated carbocycles. The van der Waals surface area contributed by atoms with E-state index in [1.54, 1.807) is 17.0 Å². The number of carbonyl (C=O) groups is 1. The van der Waals surface area contributed by atoms with E-state index in [0.717, 1.165) is 0 Å². The number of ether oxygens (including phenoxy) is 2. The second kappa shape index (κ2) is 9.61. The minimum Gasteiger partial charge on any atom is -0.446 e. The van der Waals surface area contributed by atoms with Crippen LogP contribution in [0, 0.1) is 5.82 Å². The van der Waals surface area contributed by atoms with Crippen LogP contribution in [0.5, 0.6) is 0 Å². The molecule has 0 bridgehead atoms. The third-order valence-electron chi connectivity index (χ3n) is 4.70. The Morgan fingerprint density at radius 1 is 1.47 bits per heavy atom. The number of carbonyl (C=O) groups excluding carboxylic acids is 1. The Morgan fingerprint density at radius 2 is 2.23 bits per heavy atom. The number of likely N-dealkylation sites (tertiary alicyclic amines) is 1. The molecule has 2 atom stereocenters. The van der Waals surface area contributed by atoms with Crippen molar-refractivity contribution in [2.45, 2.75) is 63.4 Å². The van der Waals surface area contributed by atoms with Gasteiger partial charge < -0.3 is 14.0 Å². The van der Waals surface area contributed by atoms with Gasteiger partial charge in [0.25, 0.3) is 5.89 Å². The van der Waals surface area contributed by atoms with E-state index in [1.807, 2.05) is 27.0 Å². The third kappa shape index (κ3) is 5.20. The van der Waals surface area contributed by atoms with Gasteiger partial charge in [0.05, 0.1) is 12.2 Å². The Hall–Kier alpha value is -2.39. The predicted molar refractivity (Wildman–Crippen MR) is 111 cm³/mol. The molecule has 9 heteroatoms. The first-order valence-corrected chi connectivity index (χ1v) is 11.0. The van der Waals surface area contributed by atoms with Crippen molar-refractivity contribution in [3.8, 4) is 11.4 Å². The molecule has 1 saturated heterocycles. The number of hydrogen-bond donors (Lipinski definition) is 0. The predicted octanol–water partition coefficient (Wildman–Crippen LogP) is 5.03. The van der Waals surface area contributed by atoms with Crippen molar-refractivity contribution in [2.75, 3.05) is 6.26 Å². The van der Waals surface area contributed by atoms with Crippen molar-refractivity contribution in [3.05, 3.63) is 42.2 Å². The Kier molecular flexibility index (Phi) is 7.14. The van der Waals surface area contributed by atoms with Gasteiger partial charge in [0, 0.05) is 28.6 Å². The van der Waals surface area contributed by atoms with E-state index in [4.69, 9.17) is 14.0 Å². The van der Waals surface area contributed by atoms with Crippen LogP contribution in [-0.4, -0.2) is 45.6 Å². The molecule has 0 radical (unpaired) electrons. The summed E-state index contributed by atoms with van der Waals surface area (Å²) in [4.78, 5) is 18.7. The summed E-state index contributed by atoms with van der Waals surface area (Å²) in [6, 6.07) is 4.73. The molecule has 1 aromatic heterocycles. The molecule has 30 heavy (non-hydrogen) atoms. The summed E-state index contributed by atoms with van der Waals surface area (Å²) >= 11 is 1.33. The van der Waals surface area contributed by atoms with Gasteiger partial charge in [0.1, 0.15) is 12.4 Å². The van der Waals surface area contributed by atoms with Crippen LogP contribution in [0.3, 0.4) is 0 Å². The van der Waals surface area contributed by atoms with Crippen LogP contribution >= 0.6 is 11.8 Å². The lowest BCUT2D eigenvalue weighted by Crippen LogP contribution is -2.45. The summed E-state index contributed by atoms with van der Waals surface area (Å²) < 4.78 is 30.4. The smallest absolute Gasteiger partial charge is 0.414 e. The van der Waals surface area contributed by atoms with Crippen LogP contribution < -0.4 is 0 Å². The van der Waals surface area contributed by atoms with Gasteiger partial charge in [-0.3, -0.25) is 4.90 Å². The highest BCUT2D eigenvalue weighted by Gasteiger charge is 2.33. The van der Waals surface area contributed by atoms with Gasteiger partial charge in [0.2, 0.25) is 5.82 Å². The van der Waals surface area contributed by atoms with Crippen molar-refractivity contribution in [1.29, 1.82) is 0 Å². The Balaban J connectivity index is 1.57. The summed E-state index contributed by atoms with van der Waals surface area (Å²) in [6.07, 6.45) is 2.24. The van der Waals surface area contributed by atoms with Crippen molar-refractivity contribution in [2.24, 2.45) is 0 Å². The van der Waals surface area contributed by atoms with E-state index >= 15 is 0 Å². The molecule has 0 spiro atoms. The summed E-state index contributed by atoms with van der Waals surface area (Å²) in [6.45, 7) is 9.68. The van der Waals surface area contributed by atoms with Crippen molar-refractivity contribution >= 4 is 17.9 Å². The minimum atomic E-state index is -0.387. The van der Waals surface area contributed by atoms with Crippen molar-refractivity contribution in [3.63, 3.8) is 0 Å². The van der Waals surface area contributed by atoms with Crippen LogP contribution in [-0.2, 0) is 16.1 Å². The van der Waals surface area contributed by atoms with E-state index in [1.165, 1.54) is 17.8 Å². The number of piperidine rings is 1. The molecule has 2 aromatic rings. The molecule has 1 fully saturated rings. The standard InChI is InChI=1S/C21H26FN3O4S/c1-12(2)28-21(26)25-13(3)8-16(9-14(25)4)27-11-19-23-20(24-29-19)15-6-7-18(30-5)17(22)10-15/h6-7,10,12,14,16H,3,8-9,11H2,1-2,4-5H3. The van der Waals surface area contributed by atoms with Crippen molar-refractivity contribution in [1.82, 2.24) is 15.0 Å². The molecule has 0 N–H and O–H groups in total. The highest BCUT2D eigenvalue weighted by molar-refractivity contribution is 7.98. The molecule has 1 aliphatic heterocycles. The second-order valence-electron chi connectivity index (χ2n) is 7.45. The zero-order valence-corrected chi connectivity index (χ0v) is 18.4. The molecule has 2 heterocycles. The fraction of sp³-hybridized carbons (Fsp3) is 0.476. The number of rotatable bonds is 6. The summed E-state index contributed by atoms with van der Waals surface area (Å²) in [5.74, 6) is 0.293. The molecule has 162 valence electrons. The quantitative estimate of drug-likeness (QED) is 0.589. The fourth-order valence-electron chi connectivity index (χ4n) is 3.36. The lowest BCUT2D eigenvalue weighted by molar-refractivity contribution is -0.0151. The lowest BCUT2D eigenvalue weighted by atomic mass is 9.99. The number of nitrogens with zero attached hydrogens (tertiary/aromatic N) is 3. The van der Waals surface area contributed by atoms with Gasteiger partial charge in [0.15, 0.2) is 0 Å². The van der Waals surface area contributed by atoms with E-state index < -0.39 is 0 Å². The summed E-state index contributed by atoms with van der Waals surface area (Å²) in [7, 11) is 0. The van der Waals surface area contributed by atoms with Gasteiger partial charge >= 0.3 is 6.09 Å². The zero-order valence-electron chi connectivity index (χ0n) is 17.6. The number of benzene rings is 1. The summed E-state index contributed by atoms with van der Waals surface area (Å²) in [5, 5.41) is 3.91. The van der Waals surface area contributed by atoms with E-state index in [-0.39, 0.29) is 36.8 Å². The average molecular weight is 436 g/mol. The number of hydrogen-bond acceptors (Lipinski definition) is 7. The molecular weight excluding hydrogens is 409 g/mol. The molecule has 1 aliphatic rings. The van der Waals surface area contributed by atoms with Crippen LogP contribution in [0.4, 0.5) is 9.18 Å².